The molecular formula is C27H32N5O+. The zero-order valence-corrected chi connectivity index (χ0v) is 19.8. The van der Waals surface area contributed by atoms with Gasteiger partial charge in [0.25, 0.3) is 0 Å². The summed E-state index contributed by atoms with van der Waals surface area (Å²) in [5.74, 6) is 0.762. The number of aromatic amines is 1. The summed E-state index contributed by atoms with van der Waals surface area (Å²) >= 11 is 0. The van der Waals surface area contributed by atoms with E-state index in [2.05, 4.69) is 67.9 Å². The van der Waals surface area contributed by atoms with Crippen LogP contribution in [0.1, 0.15) is 35.1 Å². The molecule has 0 amide bonds. The number of rotatable bonds is 3. The normalized spacial score (nSPS) is 14.9. The first-order valence-corrected chi connectivity index (χ1v) is 11.6. The highest BCUT2D eigenvalue weighted by Gasteiger charge is 2.28. The van der Waals surface area contributed by atoms with E-state index in [1.54, 1.807) is 12.4 Å². The van der Waals surface area contributed by atoms with Crippen molar-refractivity contribution in [2.45, 2.75) is 46.6 Å². The number of hydrogen-bond acceptors (Lipinski definition) is 4. The summed E-state index contributed by atoms with van der Waals surface area (Å²) in [6.45, 7) is 10.1. The molecule has 0 unspecified atom stereocenters. The van der Waals surface area contributed by atoms with Gasteiger partial charge in [-0.2, -0.15) is 0 Å². The molecule has 0 atom stereocenters. The molecule has 0 bridgehead atoms. The molecule has 6 nitrogen and oxygen atoms in total. The lowest BCUT2D eigenvalue weighted by Gasteiger charge is -2.33. The largest absolute Gasteiger partial charge is 0.370 e. The van der Waals surface area contributed by atoms with Gasteiger partial charge < -0.3 is 15.6 Å². The standard InChI is InChI=1S/C27H32N5O/c1-16-9-17(2)12-20(11-16)22-14-32(33)15-23(26(22)31-7-5-21(28)6-8-31)27-29-24-13-18(3)10-19(4)25(24)30-27/h9-15,21,33H,5-8,28H2,1-4H3,(H,29,30)/q+1. The summed E-state index contributed by atoms with van der Waals surface area (Å²) in [5.41, 5.74) is 17.0. The first-order chi connectivity index (χ1) is 15.8. The smallest absolute Gasteiger partial charge is 0.235 e. The van der Waals surface area contributed by atoms with Crippen molar-refractivity contribution in [1.29, 1.82) is 0 Å². The van der Waals surface area contributed by atoms with E-state index >= 15 is 0 Å². The van der Waals surface area contributed by atoms with Crippen LogP contribution in [0, 0.1) is 27.7 Å². The molecule has 1 aliphatic heterocycles. The molecule has 2 aromatic heterocycles. The SMILES string of the molecule is Cc1cc(C)cc(-c2c[n+](O)cc(-c3nc4c(C)cc(C)cc4[nH]3)c2N2CCC(N)CC2)c1. The minimum Gasteiger partial charge on any atom is -0.370 e. The van der Waals surface area contributed by atoms with E-state index in [1.165, 1.54) is 16.7 Å². The first kappa shape index (κ1) is 21.5. The number of benzene rings is 2. The average molecular weight is 443 g/mol. The highest BCUT2D eigenvalue weighted by molar-refractivity contribution is 5.91. The minimum absolute atomic E-state index is 0.234. The maximum Gasteiger partial charge on any atom is 0.235 e. The van der Waals surface area contributed by atoms with Gasteiger partial charge in [0, 0.05) is 23.9 Å². The quantitative estimate of drug-likeness (QED) is 0.320. The molecule has 1 fully saturated rings. The maximum absolute atomic E-state index is 10.7. The fraction of sp³-hybridized carbons (Fsp3) is 0.333. The van der Waals surface area contributed by atoms with Crippen molar-refractivity contribution in [3.05, 3.63) is 65.0 Å². The Morgan fingerprint density at radius 2 is 1.58 bits per heavy atom. The summed E-state index contributed by atoms with van der Waals surface area (Å²) < 4.78 is 1.16. The minimum atomic E-state index is 0.234. The highest BCUT2D eigenvalue weighted by Crippen LogP contribution is 2.40. The van der Waals surface area contributed by atoms with Gasteiger partial charge in [-0.25, -0.2) is 4.98 Å². The maximum atomic E-state index is 10.7. The number of nitrogens with two attached hydrogens (primary N) is 1. The number of imidazole rings is 1. The zero-order valence-electron chi connectivity index (χ0n) is 19.8. The van der Waals surface area contributed by atoms with E-state index in [1.807, 2.05) is 0 Å². The number of anilines is 1. The Morgan fingerprint density at radius 1 is 0.939 bits per heavy atom. The predicted octanol–water partition coefficient (Wildman–Crippen LogP) is 4.58. The van der Waals surface area contributed by atoms with E-state index in [9.17, 15) is 5.21 Å². The van der Waals surface area contributed by atoms with Gasteiger partial charge in [0.2, 0.25) is 12.4 Å². The highest BCUT2D eigenvalue weighted by atomic mass is 16.5. The number of aromatic nitrogens is 3. The van der Waals surface area contributed by atoms with Gasteiger partial charge in [-0.15, -0.1) is 0 Å². The fourth-order valence-electron chi connectivity index (χ4n) is 5.15. The van der Waals surface area contributed by atoms with Gasteiger partial charge in [-0.3, -0.25) is 5.21 Å². The van der Waals surface area contributed by atoms with Crippen LogP contribution in [0.15, 0.2) is 42.7 Å². The Balaban J connectivity index is 1.77. The third-order valence-corrected chi connectivity index (χ3v) is 6.60. The number of fused-ring (bicyclic) bond motifs is 1. The molecule has 6 heteroatoms. The molecule has 4 aromatic rings. The van der Waals surface area contributed by atoms with E-state index in [4.69, 9.17) is 10.7 Å². The number of aryl methyl sites for hydroxylation is 4. The number of H-pyrrole nitrogens is 1. The molecule has 33 heavy (non-hydrogen) atoms. The van der Waals surface area contributed by atoms with Crippen LogP contribution in [0.4, 0.5) is 5.69 Å². The van der Waals surface area contributed by atoms with Crippen molar-refractivity contribution in [1.82, 2.24) is 9.97 Å². The molecule has 3 heterocycles. The number of piperidine rings is 1. The van der Waals surface area contributed by atoms with Crippen LogP contribution < -0.4 is 15.4 Å². The molecule has 1 saturated heterocycles. The van der Waals surface area contributed by atoms with Crippen LogP contribution in [-0.2, 0) is 0 Å². The van der Waals surface area contributed by atoms with Crippen LogP contribution in [0.2, 0.25) is 0 Å². The molecule has 0 saturated carbocycles. The van der Waals surface area contributed by atoms with E-state index in [-0.39, 0.29) is 6.04 Å². The fourth-order valence-corrected chi connectivity index (χ4v) is 5.15. The lowest BCUT2D eigenvalue weighted by atomic mass is 9.96. The van der Waals surface area contributed by atoms with Crippen LogP contribution in [0.3, 0.4) is 0 Å². The monoisotopic (exact) mass is 442 g/mol. The Morgan fingerprint density at radius 3 is 2.27 bits per heavy atom. The van der Waals surface area contributed by atoms with Crippen LogP contribution in [0.5, 0.6) is 0 Å². The van der Waals surface area contributed by atoms with Gasteiger partial charge >= 0.3 is 0 Å². The summed E-state index contributed by atoms with van der Waals surface area (Å²) in [5, 5.41) is 10.7. The molecule has 0 radical (unpaired) electrons. The van der Waals surface area contributed by atoms with Crippen LogP contribution in [-0.4, -0.2) is 34.3 Å². The summed E-state index contributed by atoms with van der Waals surface area (Å²) in [4.78, 5) is 10.9. The van der Waals surface area contributed by atoms with E-state index in [0.29, 0.717) is 0 Å². The lowest BCUT2D eigenvalue weighted by Crippen LogP contribution is -2.41. The number of nitrogens with one attached hydrogen (secondary N) is 1. The molecule has 5 rings (SSSR count). The van der Waals surface area contributed by atoms with Gasteiger partial charge in [0.15, 0.2) is 0 Å². The second-order valence-corrected chi connectivity index (χ2v) is 9.58. The Labute approximate surface area is 194 Å². The average Bonchev–Trinajstić information content (AvgIpc) is 3.17. The number of nitrogens with zero attached hydrogens (tertiary/aromatic N) is 3. The Bertz CT molecular complexity index is 1330. The molecule has 170 valence electrons. The van der Waals surface area contributed by atoms with Crippen molar-refractivity contribution >= 4 is 16.7 Å². The predicted molar refractivity (Wildman–Crippen MR) is 133 cm³/mol. The number of hydrogen-bond donors (Lipinski definition) is 3. The second kappa shape index (κ2) is 8.19. The van der Waals surface area contributed by atoms with Crippen molar-refractivity contribution in [3.63, 3.8) is 0 Å². The zero-order chi connectivity index (χ0) is 23.3. The molecule has 2 aromatic carbocycles. The third kappa shape index (κ3) is 4.07. The van der Waals surface area contributed by atoms with Crippen molar-refractivity contribution < 1.29 is 9.94 Å². The third-order valence-electron chi connectivity index (χ3n) is 6.60. The van der Waals surface area contributed by atoms with Gasteiger partial charge in [0.1, 0.15) is 11.4 Å². The molecular weight excluding hydrogens is 410 g/mol. The lowest BCUT2D eigenvalue weighted by molar-refractivity contribution is -0.904. The molecule has 0 aliphatic carbocycles. The van der Waals surface area contributed by atoms with Gasteiger partial charge in [-0.1, -0.05) is 35.4 Å². The van der Waals surface area contributed by atoms with Crippen LogP contribution in [0.25, 0.3) is 33.5 Å². The van der Waals surface area contributed by atoms with Gasteiger partial charge in [0.05, 0.1) is 22.3 Å². The molecule has 0 spiro atoms. The van der Waals surface area contributed by atoms with Crippen molar-refractivity contribution in [2.24, 2.45) is 5.73 Å². The Hall–Kier alpha value is -3.38. The van der Waals surface area contributed by atoms with Gasteiger partial charge in [-0.05, 0) is 63.3 Å². The van der Waals surface area contributed by atoms with Crippen LogP contribution >= 0.6 is 0 Å². The van der Waals surface area contributed by atoms with Crippen molar-refractivity contribution in [3.8, 4) is 22.5 Å². The summed E-state index contributed by atoms with van der Waals surface area (Å²) in [7, 11) is 0. The molecule has 4 N–H and O–H groups in total. The summed E-state index contributed by atoms with van der Waals surface area (Å²) in [6.07, 6.45) is 5.45. The first-order valence-electron chi connectivity index (χ1n) is 11.6. The summed E-state index contributed by atoms with van der Waals surface area (Å²) in [6, 6.07) is 11.0. The Kier molecular flexibility index (Phi) is 5.33. The molecule has 1 aliphatic rings. The van der Waals surface area contributed by atoms with E-state index in [0.717, 1.165) is 75.5 Å². The van der Waals surface area contributed by atoms with Crippen molar-refractivity contribution in [2.75, 3.05) is 18.0 Å². The second-order valence-electron chi connectivity index (χ2n) is 9.58. The number of pyridine rings is 1. The topological polar surface area (TPSA) is 82.0 Å². The van der Waals surface area contributed by atoms with E-state index < -0.39 is 0 Å².